The molecular formula is C13H15N3O. The van der Waals surface area contributed by atoms with Crippen LogP contribution in [0.15, 0.2) is 42.9 Å². The summed E-state index contributed by atoms with van der Waals surface area (Å²) in [6.07, 6.45) is 5.11. The fourth-order valence-electron chi connectivity index (χ4n) is 1.43. The molecule has 0 spiro atoms. The third-order valence-electron chi connectivity index (χ3n) is 2.26. The monoisotopic (exact) mass is 229 g/mol. The van der Waals surface area contributed by atoms with E-state index in [1.54, 1.807) is 18.6 Å². The van der Waals surface area contributed by atoms with Gasteiger partial charge in [-0.25, -0.2) is 4.98 Å². The average Bonchev–Trinajstić information content (AvgIpc) is 2.39. The molecule has 0 saturated carbocycles. The molecule has 4 heteroatoms. The van der Waals surface area contributed by atoms with Crippen LogP contribution in [0, 0.1) is 0 Å². The Hall–Kier alpha value is -1.94. The van der Waals surface area contributed by atoms with Crippen LogP contribution < -0.4 is 10.1 Å². The highest BCUT2D eigenvalue weighted by atomic mass is 16.5. The lowest BCUT2D eigenvalue weighted by molar-refractivity contribution is 0.451. The molecule has 17 heavy (non-hydrogen) atoms. The van der Waals surface area contributed by atoms with Crippen LogP contribution in [0.4, 0.5) is 0 Å². The lowest BCUT2D eigenvalue weighted by atomic mass is 10.2. The molecule has 0 bridgehead atoms. The molecule has 0 aromatic carbocycles. The van der Waals surface area contributed by atoms with Crippen molar-refractivity contribution in [2.75, 3.05) is 6.54 Å². The Kier molecular flexibility index (Phi) is 4.05. The molecule has 0 aliphatic rings. The van der Waals surface area contributed by atoms with Gasteiger partial charge >= 0.3 is 0 Å². The fourth-order valence-corrected chi connectivity index (χ4v) is 1.43. The van der Waals surface area contributed by atoms with Gasteiger partial charge in [-0.15, -0.1) is 0 Å². The van der Waals surface area contributed by atoms with E-state index >= 15 is 0 Å². The number of ether oxygens (including phenoxy) is 1. The summed E-state index contributed by atoms with van der Waals surface area (Å²) >= 11 is 0. The van der Waals surface area contributed by atoms with Gasteiger partial charge in [0.25, 0.3) is 0 Å². The highest BCUT2D eigenvalue weighted by Crippen LogP contribution is 2.21. The number of hydrogen-bond donors (Lipinski definition) is 1. The van der Waals surface area contributed by atoms with Gasteiger partial charge in [0.15, 0.2) is 0 Å². The smallest absolute Gasteiger partial charge is 0.223 e. The minimum atomic E-state index is 0.626. The van der Waals surface area contributed by atoms with Gasteiger partial charge in [-0.05, 0) is 24.7 Å². The summed E-state index contributed by atoms with van der Waals surface area (Å²) in [5, 5.41) is 3.26. The third kappa shape index (κ3) is 3.26. The van der Waals surface area contributed by atoms with E-state index in [-0.39, 0.29) is 0 Å². The van der Waals surface area contributed by atoms with Crippen LogP contribution in [0.2, 0.25) is 0 Å². The second kappa shape index (κ2) is 5.96. The predicted molar refractivity (Wildman–Crippen MR) is 65.9 cm³/mol. The van der Waals surface area contributed by atoms with Gasteiger partial charge < -0.3 is 10.1 Å². The van der Waals surface area contributed by atoms with Crippen molar-refractivity contribution in [3.05, 3.63) is 48.4 Å². The molecule has 2 aromatic rings. The first-order chi connectivity index (χ1) is 8.40. The second-order valence-electron chi connectivity index (χ2n) is 3.54. The summed E-state index contributed by atoms with van der Waals surface area (Å²) in [7, 11) is 0. The van der Waals surface area contributed by atoms with Crippen molar-refractivity contribution in [2.24, 2.45) is 0 Å². The van der Waals surface area contributed by atoms with E-state index in [4.69, 9.17) is 4.74 Å². The maximum atomic E-state index is 5.69. The summed E-state index contributed by atoms with van der Waals surface area (Å²) in [6.45, 7) is 3.74. The van der Waals surface area contributed by atoms with Crippen molar-refractivity contribution >= 4 is 0 Å². The molecule has 0 aliphatic heterocycles. The molecule has 0 fully saturated rings. The first kappa shape index (κ1) is 11.5. The Morgan fingerprint density at radius 3 is 2.88 bits per heavy atom. The van der Waals surface area contributed by atoms with E-state index in [1.807, 2.05) is 24.3 Å². The average molecular weight is 229 g/mol. The summed E-state index contributed by atoms with van der Waals surface area (Å²) in [6, 6.07) is 7.60. The van der Waals surface area contributed by atoms with Crippen molar-refractivity contribution in [2.45, 2.75) is 13.5 Å². The van der Waals surface area contributed by atoms with Gasteiger partial charge in [-0.2, -0.15) is 0 Å². The normalized spacial score (nSPS) is 10.2. The van der Waals surface area contributed by atoms with Crippen LogP contribution in [0.25, 0.3) is 0 Å². The Balaban J connectivity index is 2.15. The summed E-state index contributed by atoms with van der Waals surface area (Å²) in [5.41, 5.74) is 1.04. The zero-order valence-electron chi connectivity index (χ0n) is 9.76. The minimum Gasteiger partial charge on any atom is -0.437 e. The highest BCUT2D eigenvalue weighted by molar-refractivity contribution is 5.30. The Morgan fingerprint density at radius 2 is 2.12 bits per heavy atom. The topological polar surface area (TPSA) is 47.0 Å². The Morgan fingerprint density at radius 1 is 1.24 bits per heavy atom. The van der Waals surface area contributed by atoms with Gasteiger partial charge in [-0.1, -0.05) is 13.0 Å². The molecule has 1 N–H and O–H groups in total. The van der Waals surface area contributed by atoms with Crippen LogP contribution in [-0.2, 0) is 6.54 Å². The largest absolute Gasteiger partial charge is 0.437 e. The summed E-state index contributed by atoms with van der Waals surface area (Å²) < 4.78 is 5.69. The molecule has 0 atom stereocenters. The standard InChI is InChI=1S/C13H15N3O/c1-2-14-9-11-5-3-8-16-13(11)17-12-6-4-7-15-10-12/h3-8,10,14H,2,9H2,1H3. The van der Waals surface area contributed by atoms with E-state index in [0.29, 0.717) is 11.6 Å². The minimum absolute atomic E-state index is 0.626. The molecule has 88 valence electrons. The van der Waals surface area contributed by atoms with Crippen LogP contribution in [0.3, 0.4) is 0 Å². The Bertz CT molecular complexity index is 459. The second-order valence-corrected chi connectivity index (χ2v) is 3.54. The van der Waals surface area contributed by atoms with Gasteiger partial charge in [0.05, 0.1) is 6.20 Å². The van der Waals surface area contributed by atoms with Gasteiger partial charge in [-0.3, -0.25) is 4.98 Å². The van der Waals surface area contributed by atoms with Crippen molar-refractivity contribution < 1.29 is 4.74 Å². The predicted octanol–water partition coefficient (Wildman–Crippen LogP) is 2.38. The van der Waals surface area contributed by atoms with Crippen molar-refractivity contribution in [1.29, 1.82) is 0 Å². The van der Waals surface area contributed by atoms with Gasteiger partial charge in [0.1, 0.15) is 5.75 Å². The molecule has 2 aromatic heterocycles. The molecule has 0 unspecified atom stereocenters. The number of nitrogens with zero attached hydrogens (tertiary/aromatic N) is 2. The number of rotatable bonds is 5. The zero-order chi connectivity index (χ0) is 11.9. The molecular weight excluding hydrogens is 214 g/mol. The lowest BCUT2D eigenvalue weighted by Crippen LogP contribution is -2.12. The fraction of sp³-hybridized carbons (Fsp3) is 0.231. The molecule has 0 radical (unpaired) electrons. The number of aromatic nitrogens is 2. The van der Waals surface area contributed by atoms with Gasteiger partial charge in [0, 0.05) is 24.5 Å². The number of pyridine rings is 2. The molecule has 4 nitrogen and oxygen atoms in total. The molecule has 0 saturated heterocycles. The maximum absolute atomic E-state index is 5.69. The van der Waals surface area contributed by atoms with Crippen molar-refractivity contribution in [1.82, 2.24) is 15.3 Å². The number of nitrogens with one attached hydrogen (secondary N) is 1. The molecule has 2 heterocycles. The highest BCUT2D eigenvalue weighted by Gasteiger charge is 2.05. The van der Waals surface area contributed by atoms with E-state index in [1.165, 1.54) is 0 Å². The zero-order valence-corrected chi connectivity index (χ0v) is 9.76. The lowest BCUT2D eigenvalue weighted by Gasteiger charge is -2.09. The van der Waals surface area contributed by atoms with Crippen LogP contribution in [-0.4, -0.2) is 16.5 Å². The van der Waals surface area contributed by atoms with Crippen molar-refractivity contribution in [3.63, 3.8) is 0 Å². The maximum Gasteiger partial charge on any atom is 0.223 e. The van der Waals surface area contributed by atoms with Crippen LogP contribution >= 0.6 is 0 Å². The van der Waals surface area contributed by atoms with Gasteiger partial charge in [0.2, 0.25) is 5.88 Å². The summed E-state index contributed by atoms with van der Waals surface area (Å²) in [5.74, 6) is 1.32. The van der Waals surface area contributed by atoms with E-state index in [9.17, 15) is 0 Å². The van der Waals surface area contributed by atoms with E-state index in [2.05, 4.69) is 22.2 Å². The van der Waals surface area contributed by atoms with Crippen LogP contribution in [0.1, 0.15) is 12.5 Å². The van der Waals surface area contributed by atoms with E-state index in [0.717, 1.165) is 18.7 Å². The molecule has 0 aliphatic carbocycles. The molecule has 2 rings (SSSR count). The SMILES string of the molecule is CCNCc1cccnc1Oc1cccnc1. The number of hydrogen-bond acceptors (Lipinski definition) is 4. The van der Waals surface area contributed by atoms with Crippen LogP contribution in [0.5, 0.6) is 11.6 Å². The molecule has 0 amide bonds. The van der Waals surface area contributed by atoms with Crippen molar-refractivity contribution in [3.8, 4) is 11.6 Å². The Labute approximate surface area is 101 Å². The summed E-state index contributed by atoms with van der Waals surface area (Å²) in [4.78, 5) is 8.24. The third-order valence-corrected chi connectivity index (χ3v) is 2.26. The first-order valence-corrected chi connectivity index (χ1v) is 5.62. The van der Waals surface area contributed by atoms with E-state index < -0.39 is 0 Å². The first-order valence-electron chi connectivity index (χ1n) is 5.62. The quantitative estimate of drug-likeness (QED) is 0.855.